The molecule has 0 saturated carbocycles. The molecular formula is C28H36N2O5. The number of amides is 1. The number of ether oxygens (including phenoxy) is 2. The summed E-state index contributed by atoms with van der Waals surface area (Å²) in [6.45, 7) is 9.31. The molecule has 0 aromatic heterocycles. The Morgan fingerprint density at radius 2 is 1.74 bits per heavy atom. The SMILES string of the molecule is CCCOc1ccc(C2C(=C(O)c3ccc(OC(C)C)cc3C)C(=O)C(=O)N2CCN(C)C)cc1. The van der Waals surface area contributed by atoms with Crippen LogP contribution in [0, 0.1) is 6.92 Å². The zero-order valence-corrected chi connectivity index (χ0v) is 21.5. The number of hydrogen-bond donors (Lipinski definition) is 1. The molecule has 1 atom stereocenters. The molecule has 1 aliphatic heterocycles. The molecule has 0 bridgehead atoms. The van der Waals surface area contributed by atoms with Crippen molar-refractivity contribution < 1.29 is 24.2 Å². The lowest BCUT2D eigenvalue weighted by atomic mass is 9.94. The first-order valence-electron chi connectivity index (χ1n) is 12.1. The number of Topliss-reactive ketones (excluding diaryl/α,β-unsaturated/α-hetero) is 1. The summed E-state index contributed by atoms with van der Waals surface area (Å²) in [4.78, 5) is 29.8. The topological polar surface area (TPSA) is 79.3 Å². The van der Waals surface area contributed by atoms with Crippen molar-refractivity contribution in [2.24, 2.45) is 0 Å². The smallest absolute Gasteiger partial charge is 0.295 e. The third kappa shape index (κ3) is 6.03. The van der Waals surface area contributed by atoms with Gasteiger partial charge in [0.25, 0.3) is 11.7 Å². The molecule has 0 spiro atoms. The highest BCUT2D eigenvalue weighted by Gasteiger charge is 2.46. The van der Waals surface area contributed by atoms with Crippen molar-refractivity contribution in [3.63, 3.8) is 0 Å². The Hall–Kier alpha value is -3.32. The molecule has 1 heterocycles. The van der Waals surface area contributed by atoms with Gasteiger partial charge in [-0.3, -0.25) is 9.59 Å². The zero-order valence-electron chi connectivity index (χ0n) is 21.5. The first-order valence-corrected chi connectivity index (χ1v) is 12.1. The third-order valence-electron chi connectivity index (χ3n) is 5.82. The predicted octanol–water partition coefficient (Wildman–Crippen LogP) is 4.55. The van der Waals surface area contributed by atoms with E-state index in [0.717, 1.165) is 23.3 Å². The van der Waals surface area contributed by atoms with Crippen molar-refractivity contribution in [1.29, 1.82) is 0 Å². The van der Waals surface area contributed by atoms with Gasteiger partial charge in [-0.2, -0.15) is 0 Å². The zero-order chi connectivity index (χ0) is 25.7. The van der Waals surface area contributed by atoms with Crippen LogP contribution < -0.4 is 9.47 Å². The van der Waals surface area contributed by atoms with Crippen molar-refractivity contribution in [3.8, 4) is 11.5 Å². The van der Waals surface area contributed by atoms with Crippen LogP contribution in [0.3, 0.4) is 0 Å². The van der Waals surface area contributed by atoms with E-state index in [1.165, 1.54) is 0 Å². The number of benzene rings is 2. The molecule has 1 amide bonds. The van der Waals surface area contributed by atoms with Crippen LogP contribution in [0.25, 0.3) is 5.76 Å². The number of carbonyl (C=O) groups is 2. The van der Waals surface area contributed by atoms with Crippen LogP contribution in [0.1, 0.15) is 49.9 Å². The molecule has 2 aromatic carbocycles. The van der Waals surface area contributed by atoms with E-state index >= 15 is 0 Å². The van der Waals surface area contributed by atoms with E-state index in [9.17, 15) is 14.7 Å². The van der Waals surface area contributed by atoms with Crippen molar-refractivity contribution in [1.82, 2.24) is 9.80 Å². The fourth-order valence-electron chi connectivity index (χ4n) is 4.12. The summed E-state index contributed by atoms with van der Waals surface area (Å²) in [6.07, 6.45) is 0.910. The minimum Gasteiger partial charge on any atom is -0.507 e. The molecule has 2 aromatic rings. The van der Waals surface area contributed by atoms with Gasteiger partial charge in [0.15, 0.2) is 0 Å². The second-order valence-corrected chi connectivity index (χ2v) is 9.36. The van der Waals surface area contributed by atoms with Gasteiger partial charge in [0.05, 0.1) is 24.3 Å². The second kappa shape index (κ2) is 11.4. The molecule has 1 unspecified atom stereocenters. The Kier molecular flexibility index (Phi) is 8.57. The van der Waals surface area contributed by atoms with Gasteiger partial charge < -0.3 is 24.4 Å². The van der Waals surface area contributed by atoms with Gasteiger partial charge in [-0.05, 0) is 82.7 Å². The molecule has 1 fully saturated rings. The lowest BCUT2D eigenvalue weighted by molar-refractivity contribution is -0.140. The first kappa shape index (κ1) is 26.3. The number of likely N-dealkylation sites (tertiary alicyclic amines) is 1. The molecule has 0 aliphatic carbocycles. The van der Waals surface area contributed by atoms with Crippen LogP contribution in [0.5, 0.6) is 11.5 Å². The number of aryl methyl sites for hydroxylation is 1. The monoisotopic (exact) mass is 480 g/mol. The van der Waals surface area contributed by atoms with Crippen molar-refractivity contribution in [2.75, 3.05) is 33.8 Å². The summed E-state index contributed by atoms with van der Waals surface area (Å²) in [5, 5.41) is 11.4. The van der Waals surface area contributed by atoms with Crippen LogP contribution >= 0.6 is 0 Å². The normalized spacial score (nSPS) is 17.5. The number of ketones is 1. The van der Waals surface area contributed by atoms with Crippen molar-refractivity contribution >= 4 is 17.4 Å². The molecule has 7 heteroatoms. The Morgan fingerprint density at radius 3 is 2.31 bits per heavy atom. The van der Waals surface area contributed by atoms with Crippen LogP contribution in [0.2, 0.25) is 0 Å². The summed E-state index contributed by atoms with van der Waals surface area (Å²) >= 11 is 0. The van der Waals surface area contributed by atoms with Gasteiger partial charge in [0, 0.05) is 18.7 Å². The molecule has 188 valence electrons. The molecule has 1 N–H and O–H groups in total. The van der Waals surface area contributed by atoms with Gasteiger partial charge in [-0.15, -0.1) is 0 Å². The summed E-state index contributed by atoms with van der Waals surface area (Å²) in [6, 6.07) is 12.0. The van der Waals surface area contributed by atoms with E-state index in [1.54, 1.807) is 17.0 Å². The Morgan fingerprint density at radius 1 is 1.09 bits per heavy atom. The lowest BCUT2D eigenvalue weighted by Gasteiger charge is -2.27. The minimum atomic E-state index is -0.693. The van der Waals surface area contributed by atoms with E-state index < -0.39 is 17.7 Å². The van der Waals surface area contributed by atoms with Gasteiger partial charge >= 0.3 is 0 Å². The highest BCUT2D eigenvalue weighted by atomic mass is 16.5. The summed E-state index contributed by atoms with van der Waals surface area (Å²) in [7, 11) is 3.82. The number of likely N-dealkylation sites (N-methyl/N-ethyl adjacent to an activating group) is 1. The maximum Gasteiger partial charge on any atom is 0.295 e. The number of nitrogens with zero attached hydrogens (tertiary/aromatic N) is 2. The van der Waals surface area contributed by atoms with E-state index in [-0.39, 0.29) is 17.4 Å². The minimum absolute atomic E-state index is 0.0140. The number of rotatable bonds is 10. The quantitative estimate of drug-likeness (QED) is 0.305. The average Bonchev–Trinajstić information content (AvgIpc) is 3.06. The summed E-state index contributed by atoms with van der Waals surface area (Å²) in [5.74, 6) is -0.0701. The molecule has 7 nitrogen and oxygen atoms in total. The Bertz CT molecular complexity index is 1090. The van der Waals surface area contributed by atoms with Gasteiger partial charge in [-0.1, -0.05) is 19.1 Å². The number of aliphatic hydroxyl groups is 1. The molecular weight excluding hydrogens is 444 g/mol. The maximum absolute atomic E-state index is 13.2. The maximum atomic E-state index is 13.2. The summed E-state index contributed by atoms with van der Waals surface area (Å²) < 4.78 is 11.4. The predicted molar refractivity (Wildman–Crippen MR) is 137 cm³/mol. The van der Waals surface area contributed by atoms with E-state index in [4.69, 9.17) is 9.47 Å². The largest absolute Gasteiger partial charge is 0.507 e. The van der Waals surface area contributed by atoms with E-state index in [0.29, 0.717) is 31.0 Å². The average molecular weight is 481 g/mol. The summed E-state index contributed by atoms with van der Waals surface area (Å²) in [5.41, 5.74) is 2.09. The second-order valence-electron chi connectivity index (χ2n) is 9.36. The number of carbonyl (C=O) groups excluding carboxylic acids is 2. The highest BCUT2D eigenvalue weighted by molar-refractivity contribution is 6.46. The standard InChI is InChI=1S/C28H36N2O5/c1-7-16-34-21-10-8-20(9-11-21)25-24(27(32)28(33)30(25)15-14-29(5)6)26(31)23-13-12-22(17-19(23)4)35-18(2)3/h8-13,17-18,25,31H,7,14-16H2,1-6H3. The third-order valence-corrected chi connectivity index (χ3v) is 5.82. The van der Waals surface area contributed by atoms with Crippen LogP contribution in [0.15, 0.2) is 48.0 Å². The number of hydrogen-bond acceptors (Lipinski definition) is 6. The van der Waals surface area contributed by atoms with Crippen molar-refractivity contribution in [2.45, 2.75) is 46.3 Å². The van der Waals surface area contributed by atoms with Crippen LogP contribution in [-0.4, -0.2) is 66.5 Å². The van der Waals surface area contributed by atoms with E-state index in [1.807, 2.05) is 77.0 Å². The molecule has 0 radical (unpaired) electrons. The Labute approximate surface area is 207 Å². The molecule has 3 rings (SSSR count). The fourth-order valence-corrected chi connectivity index (χ4v) is 4.12. The van der Waals surface area contributed by atoms with Crippen LogP contribution in [-0.2, 0) is 9.59 Å². The van der Waals surface area contributed by atoms with Gasteiger partial charge in [0.2, 0.25) is 0 Å². The first-order chi connectivity index (χ1) is 16.6. The van der Waals surface area contributed by atoms with Crippen molar-refractivity contribution in [3.05, 3.63) is 64.7 Å². The van der Waals surface area contributed by atoms with Gasteiger partial charge in [-0.25, -0.2) is 0 Å². The Balaban J connectivity index is 2.08. The van der Waals surface area contributed by atoms with Crippen LogP contribution in [0.4, 0.5) is 0 Å². The molecule has 1 saturated heterocycles. The number of aliphatic hydroxyl groups excluding tert-OH is 1. The van der Waals surface area contributed by atoms with Gasteiger partial charge in [0.1, 0.15) is 17.3 Å². The van der Waals surface area contributed by atoms with E-state index in [2.05, 4.69) is 0 Å². The highest BCUT2D eigenvalue weighted by Crippen LogP contribution is 2.40. The molecule has 35 heavy (non-hydrogen) atoms. The molecule has 1 aliphatic rings. The fraction of sp³-hybridized carbons (Fsp3) is 0.429. The lowest BCUT2D eigenvalue weighted by Crippen LogP contribution is -2.35.